The van der Waals surface area contributed by atoms with Crippen LogP contribution in [-0.4, -0.2) is 24.3 Å². The molecule has 1 aliphatic rings. The first-order chi connectivity index (χ1) is 7.90. The van der Waals surface area contributed by atoms with Crippen LogP contribution in [-0.2, 0) is 4.79 Å². The average molecular weight is 215 g/mol. The molecule has 0 radical (unpaired) electrons. The van der Waals surface area contributed by atoms with E-state index >= 15 is 0 Å². The topological polar surface area (TPSA) is 20.3 Å². The molecular formula is C14H17NO. The number of carbonyl (C=O) groups excluding carboxylic acids is 1. The summed E-state index contributed by atoms with van der Waals surface area (Å²) in [6.45, 7) is 2.09. The SMILES string of the molecule is O=CC=CN1CCC(c2ccccc2)CC1. The Labute approximate surface area is 96.6 Å². The smallest absolute Gasteiger partial charge is 0.144 e. The molecule has 0 unspecified atom stereocenters. The van der Waals surface area contributed by atoms with Crippen LogP contribution in [0, 0.1) is 0 Å². The maximum Gasteiger partial charge on any atom is 0.144 e. The van der Waals surface area contributed by atoms with E-state index in [0.717, 1.165) is 19.4 Å². The third kappa shape index (κ3) is 2.72. The minimum absolute atomic E-state index is 0.682. The van der Waals surface area contributed by atoms with Gasteiger partial charge in [-0.25, -0.2) is 0 Å². The highest BCUT2D eigenvalue weighted by molar-refractivity contribution is 5.64. The number of piperidine rings is 1. The quantitative estimate of drug-likeness (QED) is 0.570. The van der Waals surface area contributed by atoms with Gasteiger partial charge in [0.1, 0.15) is 6.29 Å². The maximum absolute atomic E-state index is 10.2. The van der Waals surface area contributed by atoms with E-state index in [2.05, 4.69) is 35.2 Å². The average Bonchev–Trinajstić information content (AvgIpc) is 2.38. The molecule has 2 heteroatoms. The highest BCUT2D eigenvalue weighted by Crippen LogP contribution is 2.27. The van der Waals surface area contributed by atoms with Crippen LogP contribution in [0.25, 0.3) is 0 Å². The van der Waals surface area contributed by atoms with E-state index < -0.39 is 0 Å². The van der Waals surface area contributed by atoms with Crippen LogP contribution in [0.1, 0.15) is 24.3 Å². The van der Waals surface area contributed by atoms with Gasteiger partial charge in [-0.15, -0.1) is 0 Å². The second kappa shape index (κ2) is 5.50. The fourth-order valence-corrected chi connectivity index (χ4v) is 2.26. The van der Waals surface area contributed by atoms with Gasteiger partial charge < -0.3 is 4.90 Å². The lowest BCUT2D eigenvalue weighted by Crippen LogP contribution is -2.28. The van der Waals surface area contributed by atoms with E-state index in [4.69, 9.17) is 0 Å². The molecule has 16 heavy (non-hydrogen) atoms. The fraction of sp³-hybridized carbons (Fsp3) is 0.357. The van der Waals surface area contributed by atoms with E-state index in [-0.39, 0.29) is 0 Å². The molecule has 0 amide bonds. The van der Waals surface area contributed by atoms with Crippen molar-refractivity contribution < 1.29 is 4.79 Å². The first-order valence-corrected chi connectivity index (χ1v) is 5.81. The first kappa shape index (κ1) is 10.9. The molecule has 1 saturated heterocycles. The van der Waals surface area contributed by atoms with E-state index in [9.17, 15) is 4.79 Å². The summed E-state index contributed by atoms with van der Waals surface area (Å²) in [5, 5.41) is 0. The van der Waals surface area contributed by atoms with Crippen LogP contribution in [0.4, 0.5) is 0 Å². The number of hydrogen-bond donors (Lipinski definition) is 0. The number of aldehydes is 1. The summed E-state index contributed by atoms with van der Waals surface area (Å²) in [5.74, 6) is 0.682. The van der Waals surface area contributed by atoms with Crippen LogP contribution >= 0.6 is 0 Å². The molecular weight excluding hydrogens is 198 g/mol. The molecule has 1 aromatic rings. The first-order valence-electron chi connectivity index (χ1n) is 5.81. The van der Waals surface area contributed by atoms with Crippen LogP contribution < -0.4 is 0 Å². The molecule has 0 aliphatic carbocycles. The third-order valence-electron chi connectivity index (χ3n) is 3.18. The lowest BCUT2D eigenvalue weighted by molar-refractivity contribution is -0.104. The van der Waals surface area contributed by atoms with Gasteiger partial charge in [-0.1, -0.05) is 30.3 Å². The lowest BCUT2D eigenvalue weighted by atomic mass is 9.90. The van der Waals surface area contributed by atoms with Crippen molar-refractivity contribution in [3.63, 3.8) is 0 Å². The standard InChI is InChI=1S/C14H17NO/c16-12-4-9-15-10-7-14(8-11-15)13-5-2-1-3-6-13/h1-6,9,12,14H,7-8,10-11H2. The Hall–Kier alpha value is -1.57. The van der Waals surface area contributed by atoms with E-state index in [0.29, 0.717) is 5.92 Å². The van der Waals surface area contributed by atoms with Crippen molar-refractivity contribution in [2.75, 3.05) is 13.1 Å². The number of rotatable bonds is 3. The van der Waals surface area contributed by atoms with E-state index in [1.165, 1.54) is 18.4 Å². The van der Waals surface area contributed by atoms with Crippen molar-refractivity contribution in [1.82, 2.24) is 4.90 Å². The Morgan fingerprint density at radius 2 is 1.81 bits per heavy atom. The van der Waals surface area contributed by atoms with Crippen molar-refractivity contribution in [3.05, 3.63) is 48.2 Å². The number of nitrogens with zero attached hydrogens (tertiary/aromatic N) is 1. The summed E-state index contributed by atoms with van der Waals surface area (Å²) in [4.78, 5) is 12.4. The molecule has 2 rings (SSSR count). The van der Waals surface area contributed by atoms with Gasteiger partial charge in [0.15, 0.2) is 0 Å². The van der Waals surface area contributed by atoms with Gasteiger partial charge in [0.2, 0.25) is 0 Å². The van der Waals surface area contributed by atoms with Gasteiger partial charge in [-0.05, 0) is 30.4 Å². The number of hydrogen-bond acceptors (Lipinski definition) is 2. The normalized spacial score (nSPS) is 17.9. The second-order valence-electron chi connectivity index (χ2n) is 4.20. The molecule has 1 aromatic carbocycles. The summed E-state index contributed by atoms with van der Waals surface area (Å²) >= 11 is 0. The minimum Gasteiger partial charge on any atom is -0.377 e. The molecule has 1 heterocycles. The molecule has 1 fully saturated rings. The highest BCUT2D eigenvalue weighted by atomic mass is 16.1. The van der Waals surface area contributed by atoms with Crippen LogP contribution in [0.3, 0.4) is 0 Å². The highest BCUT2D eigenvalue weighted by Gasteiger charge is 2.18. The molecule has 0 bridgehead atoms. The molecule has 0 aromatic heterocycles. The summed E-state index contributed by atoms with van der Waals surface area (Å²) in [6, 6.07) is 10.7. The third-order valence-corrected chi connectivity index (χ3v) is 3.18. The molecule has 0 N–H and O–H groups in total. The zero-order valence-electron chi connectivity index (χ0n) is 9.38. The maximum atomic E-state index is 10.2. The van der Waals surface area contributed by atoms with Crippen molar-refractivity contribution in [2.24, 2.45) is 0 Å². The molecule has 1 aliphatic heterocycles. The van der Waals surface area contributed by atoms with Crippen molar-refractivity contribution in [1.29, 1.82) is 0 Å². The number of likely N-dealkylation sites (tertiary alicyclic amines) is 1. The number of carbonyl (C=O) groups is 1. The lowest BCUT2D eigenvalue weighted by Gasteiger charge is -2.31. The van der Waals surface area contributed by atoms with E-state index in [1.54, 1.807) is 6.08 Å². The Morgan fingerprint density at radius 1 is 1.12 bits per heavy atom. The van der Waals surface area contributed by atoms with Gasteiger partial charge in [-0.3, -0.25) is 4.79 Å². The monoisotopic (exact) mass is 215 g/mol. The molecule has 2 nitrogen and oxygen atoms in total. The van der Waals surface area contributed by atoms with Crippen molar-refractivity contribution >= 4 is 6.29 Å². The van der Waals surface area contributed by atoms with Gasteiger partial charge in [0, 0.05) is 19.3 Å². The summed E-state index contributed by atoms with van der Waals surface area (Å²) in [7, 11) is 0. The van der Waals surface area contributed by atoms with Gasteiger partial charge in [-0.2, -0.15) is 0 Å². The Kier molecular flexibility index (Phi) is 3.76. The van der Waals surface area contributed by atoms with Crippen molar-refractivity contribution in [2.45, 2.75) is 18.8 Å². The van der Waals surface area contributed by atoms with Gasteiger partial charge >= 0.3 is 0 Å². The summed E-state index contributed by atoms with van der Waals surface area (Å²) in [6.07, 6.45) is 6.65. The summed E-state index contributed by atoms with van der Waals surface area (Å²) in [5.41, 5.74) is 1.45. The predicted octanol–water partition coefficient (Wildman–Crippen LogP) is 2.58. The fourth-order valence-electron chi connectivity index (χ4n) is 2.26. The molecule has 0 spiro atoms. The predicted molar refractivity (Wildman–Crippen MR) is 65.2 cm³/mol. The van der Waals surface area contributed by atoms with Crippen LogP contribution in [0.2, 0.25) is 0 Å². The summed E-state index contributed by atoms with van der Waals surface area (Å²) < 4.78 is 0. The van der Waals surface area contributed by atoms with E-state index in [1.807, 2.05) is 6.20 Å². The van der Waals surface area contributed by atoms with Crippen LogP contribution in [0.15, 0.2) is 42.6 Å². The molecule has 84 valence electrons. The zero-order chi connectivity index (χ0) is 11.2. The van der Waals surface area contributed by atoms with Gasteiger partial charge in [0.25, 0.3) is 0 Å². The zero-order valence-corrected chi connectivity index (χ0v) is 9.38. The molecule has 0 saturated carbocycles. The minimum atomic E-state index is 0.682. The largest absolute Gasteiger partial charge is 0.377 e. The Morgan fingerprint density at radius 3 is 2.44 bits per heavy atom. The van der Waals surface area contributed by atoms with Crippen molar-refractivity contribution in [3.8, 4) is 0 Å². The Balaban J connectivity index is 1.90. The Bertz CT molecular complexity index is 350. The van der Waals surface area contributed by atoms with Gasteiger partial charge in [0.05, 0.1) is 0 Å². The van der Waals surface area contributed by atoms with Crippen LogP contribution in [0.5, 0.6) is 0 Å². The number of allylic oxidation sites excluding steroid dienone is 1. The number of benzene rings is 1. The second-order valence-corrected chi connectivity index (χ2v) is 4.20. The molecule has 0 atom stereocenters.